The summed E-state index contributed by atoms with van der Waals surface area (Å²) in [6.45, 7) is 2.86. The molecule has 3 aromatic carbocycles. The molecule has 0 heterocycles. The fourth-order valence-electron chi connectivity index (χ4n) is 2.69. The van der Waals surface area contributed by atoms with Gasteiger partial charge >= 0.3 is 0 Å². The van der Waals surface area contributed by atoms with Gasteiger partial charge < -0.3 is 10.1 Å². The molecule has 0 atom stereocenters. The predicted molar refractivity (Wildman–Crippen MR) is 111 cm³/mol. The summed E-state index contributed by atoms with van der Waals surface area (Å²) in [6, 6.07) is 21.7. The van der Waals surface area contributed by atoms with E-state index in [1.54, 1.807) is 30.0 Å². The summed E-state index contributed by atoms with van der Waals surface area (Å²) in [5.41, 5.74) is 2.40. The van der Waals surface area contributed by atoms with Crippen LogP contribution in [0.4, 0.5) is 4.39 Å². The monoisotopic (exact) mass is 395 g/mol. The molecule has 0 spiro atoms. The van der Waals surface area contributed by atoms with Crippen molar-refractivity contribution in [2.45, 2.75) is 24.1 Å². The molecule has 1 amide bonds. The maximum atomic E-state index is 13.0. The first-order chi connectivity index (χ1) is 13.7. The molecule has 0 fully saturated rings. The number of ether oxygens (including phenoxy) is 1. The third-order valence-corrected chi connectivity index (χ3v) is 5.19. The Morgan fingerprint density at radius 1 is 1.04 bits per heavy atom. The fraction of sp³-hybridized carbons (Fsp3) is 0.174. The molecule has 1 N–H and O–H groups in total. The molecule has 0 aliphatic rings. The molecule has 28 heavy (non-hydrogen) atoms. The minimum Gasteiger partial charge on any atom is -0.494 e. The number of benzene rings is 3. The Kier molecular flexibility index (Phi) is 7.09. The van der Waals surface area contributed by atoms with E-state index in [0.717, 1.165) is 21.8 Å². The van der Waals surface area contributed by atoms with E-state index in [-0.39, 0.29) is 11.7 Å². The maximum Gasteiger partial charge on any atom is 0.251 e. The predicted octanol–water partition coefficient (Wildman–Crippen LogP) is 5.45. The number of carbonyl (C=O) groups excluding carboxylic acids is 1. The van der Waals surface area contributed by atoms with E-state index in [1.165, 1.54) is 12.1 Å². The lowest BCUT2D eigenvalue weighted by Crippen LogP contribution is -2.23. The van der Waals surface area contributed by atoms with Gasteiger partial charge in [-0.25, -0.2) is 4.39 Å². The van der Waals surface area contributed by atoms with Gasteiger partial charge in [0.05, 0.1) is 6.61 Å². The van der Waals surface area contributed by atoms with Crippen molar-refractivity contribution in [1.82, 2.24) is 5.32 Å². The summed E-state index contributed by atoms with van der Waals surface area (Å²) < 4.78 is 18.7. The molecule has 0 bridgehead atoms. The zero-order valence-corrected chi connectivity index (χ0v) is 16.5. The Morgan fingerprint density at radius 3 is 2.50 bits per heavy atom. The van der Waals surface area contributed by atoms with Crippen LogP contribution in [-0.4, -0.2) is 12.5 Å². The average molecular weight is 395 g/mol. The molecule has 5 heteroatoms. The zero-order valence-electron chi connectivity index (χ0n) is 15.7. The van der Waals surface area contributed by atoms with Crippen molar-refractivity contribution in [3.05, 3.63) is 95.3 Å². The lowest BCUT2D eigenvalue weighted by molar-refractivity contribution is 0.0951. The maximum absolute atomic E-state index is 13.0. The molecule has 3 nitrogen and oxygen atoms in total. The normalized spacial score (nSPS) is 10.5. The van der Waals surface area contributed by atoms with Crippen LogP contribution in [0.3, 0.4) is 0 Å². The summed E-state index contributed by atoms with van der Waals surface area (Å²) >= 11 is 1.70. The number of nitrogens with one attached hydrogen (secondary N) is 1. The zero-order chi connectivity index (χ0) is 19.8. The molecule has 0 aliphatic heterocycles. The van der Waals surface area contributed by atoms with Crippen molar-refractivity contribution in [3.8, 4) is 5.75 Å². The molecule has 0 radical (unpaired) electrons. The SMILES string of the molecule is CCOc1ccc(C(=O)NCc2ccc(F)cc2)cc1CSc1ccccc1. The lowest BCUT2D eigenvalue weighted by Gasteiger charge is -2.12. The Morgan fingerprint density at radius 2 is 1.79 bits per heavy atom. The molecule has 3 rings (SSSR count). The van der Waals surface area contributed by atoms with Gasteiger partial charge in [-0.2, -0.15) is 0 Å². The summed E-state index contributed by atoms with van der Waals surface area (Å²) in [4.78, 5) is 13.7. The van der Waals surface area contributed by atoms with Crippen molar-refractivity contribution < 1.29 is 13.9 Å². The topological polar surface area (TPSA) is 38.3 Å². The van der Waals surface area contributed by atoms with Gasteiger partial charge in [-0.05, 0) is 55.0 Å². The summed E-state index contributed by atoms with van der Waals surface area (Å²) in [5, 5.41) is 2.88. The summed E-state index contributed by atoms with van der Waals surface area (Å²) in [7, 11) is 0. The van der Waals surface area contributed by atoms with Crippen molar-refractivity contribution in [2.24, 2.45) is 0 Å². The van der Waals surface area contributed by atoms with Gasteiger partial charge in [0, 0.05) is 28.3 Å². The molecule has 0 saturated heterocycles. The highest BCUT2D eigenvalue weighted by Gasteiger charge is 2.11. The smallest absolute Gasteiger partial charge is 0.251 e. The van der Waals surface area contributed by atoms with Crippen molar-refractivity contribution >= 4 is 17.7 Å². The Labute approximate surface area is 168 Å². The second-order valence-corrected chi connectivity index (χ2v) is 7.22. The Balaban J connectivity index is 1.69. The van der Waals surface area contributed by atoms with Crippen molar-refractivity contribution in [2.75, 3.05) is 6.61 Å². The van der Waals surface area contributed by atoms with Crippen molar-refractivity contribution in [3.63, 3.8) is 0 Å². The average Bonchev–Trinajstić information content (AvgIpc) is 2.73. The molecular formula is C23H22FNO2S. The highest BCUT2D eigenvalue weighted by atomic mass is 32.2. The highest BCUT2D eigenvalue weighted by molar-refractivity contribution is 7.98. The first-order valence-electron chi connectivity index (χ1n) is 9.12. The molecule has 144 valence electrons. The van der Waals surface area contributed by atoms with Crippen LogP contribution in [0.2, 0.25) is 0 Å². The number of amides is 1. The van der Waals surface area contributed by atoms with Crippen LogP contribution in [0, 0.1) is 5.82 Å². The van der Waals surface area contributed by atoms with Gasteiger partial charge in [0.25, 0.3) is 5.91 Å². The van der Waals surface area contributed by atoms with E-state index in [9.17, 15) is 9.18 Å². The van der Waals surface area contributed by atoms with E-state index in [0.29, 0.717) is 24.5 Å². The van der Waals surface area contributed by atoms with Gasteiger partial charge in [-0.3, -0.25) is 4.79 Å². The quantitative estimate of drug-likeness (QED) is 0.516. The second kappa shape index (κ2) is 9.95. The molecule has 0 saturated carbocycles. The number of hydrogen-bond acceptors (Lipinski definition) is 3. The minimum absolute atomic E-state index is 0.168. The van der Waals surface area contributed by atoms with Gasteiger partial charge in [-0.15, -0.1) is 11.8 Å². The van der Waals surface area contributed by atoms with E-state index in [4.69, 9.17) is 4.74 Å². The van der Waals surface area contributed by atoms with Gasteiger partial charge in [0.15, 0.2) is 0 Å². The lowest BCUT2D eigenvalue weighted by atomic mass is 10.1. The van der Waals surface area contributed by atoms with E-state index < -0.39 is 0 Å². The van der Waals surface area contributed by atoms with Crippen LogP contribution in [0.5, 0.6) is 5.75 Å². The molecule has 0 unspecified atom stereocenters. The van der Waals surface area contributed by atoms with Crippen LogP contribution in [-0.2, 0) is 12.3 Å². The molecular weight excluding hydrogens is 373 g/mol. The first-order valence-corrected chi connectivity index (χ1v) is 10.1. The minimum atomic E-state index is -0.290. The number of carbonyl (C=O) groups is 1. The van der Waals surface area contributed by atoms with Crippen LogP contribution < -0.4 is 10.1 Å². The Hall–Kier alpha value is -2.79. The first kappa shape index (κ1) is 20.0. The van der Waals surface area contributed by atoms with E-state index >= 15 is 0 Å². The van der Waals surface area contributed by atoms with Crippen LogP contribution in [0.25, 0.3) is 0 Å². The largest absolute Gasteiger partial charge is 0.494 e. The third-order valence-electron chi connectivity index (χ3n) is 4.13. The van der Waals surface area contributed by atoms with Gasteiger partial charge in [-0.1, -0.05) is 30.3 Å². The van der Waals surface area contributed by atoms with E-state index in [2.05, 4.69) is 17.4 Å². The number of thioether (sulfide) groups is 1. The summed E-state index contributed by atoms with van der Waals surface area (Å²) in [6.07, 6.45) is 0. The van der Waals surface area contributed by atoms with Crippen molar-refractivity contribution in [1.29, 1.82) is 0 Å². The van der Waals surface area contributed by atoms with E-state index in [1.807, 2.05) is 37.3 Å². The van der Waals surface area contributed by atoms with Gasteiger partial charge in [0.2, 0.25) is 0 Å². The fourth-order valence-corrected chi connectivity index (χ4v) is 3.59. The highest BCUT2D eigenvalue weighted by Crippen LogP contribution is 2.29. The molecule has 0 aromatic heterocycles. The second-order valence-electron chi connectivity index (χ2n) is 6.17. The standard InChI is InChI=1S/C23H22FNO2S/c1-2-27-22-13-10-18(14-19(22)16-28-21-6-4-3-5-7-21)23(26)25-15-17-8-11-20(24)12-9-17/h3-14H,2,15-16H2,1H3,(H,25,26). The molecule has 3 aromatic rings. The summed E-state index contributed by atoms with van der Waals surface area (Å²) in [5.74, 6) is 1.04. The van der Waals surface area contributed by atoms with Crippen LogP contribution in [0.15, 0.2) is 77.7 Å². The Bertz CT molecular complexity index is 914. The molecule has 0 aliphatic carbocycles. The van der Waals surface area contributed by atoms with Gasteiger partial charge in [0.1, 0.15) is 11.6 Å². The number of rotatable bonds is 8. The number of hydrogen-bond donors (Lipinski definition) is 1. The number of halogens is 1. The third kappa shape index (κ3) is 5.60. The van der Waals surface area contributed by atoms with Crippen LogP contribution >= 0.6 is 11.8 Å². The van der Waals surface area contributed by atoms with Crippen LogP contribution in [0.1, 0.15) is 28.4 Å².